The molecule has 0 spiro atoms. The largest absolute Gasteiger partial charge is 0.550 e. The van der Waals surface area contributed by atoms with Crippen LogP contribution in [0.15, 0.2) is 11.1 Å². The van der Waals surface area contributed by atoms with Crippen molar-refractivity contribution in [3.05, 3.63) is 11.1 Å². The topological polar surface area (TPSA) is 40.1 Å². The van der Waals surface area contributed by atoms with Crippen molar-refractivity contribution in [2.75, 3.05) is 0 Å². The summed E-state index contributed by atoms with van der Waals surface area (Å²) in [5.41, 5.74) is -0.186. The fraction of sp³-hybridized carbons (Fsp3) is 0.667. The molecule has 1 fully saturated rings. The molecule has 0 radical (unpaired) electrons. The molecule has 0 saturated heterocycles. The van der Waals surface area contributed by atoms with Gasteiger partial charge in [-0.05, 0) is 18.3 Å². The summed E-state index contributed by atoms with van der Waals surface area (Å²) in [6.07, 6.45) is 1.79. The molecule has 0 amide bonds. The van der Waals surface area contributed by atoms with Crippen LogP contribution < -0.4 is 5.11 Å². The summed E-state index contributed by atoms with van der Waals surface area (Å²) in [6.45, 7) is 5.57. The molecule has 2 atom stereocenters. The van der Waals surface area contributed by atoms with Crippen LogP contribution in [0.2, 0.25) is 0 Å². The lowest BCUT2D eigenvalue weighted by Crippen LogP contribution is -2.26. The van der Waals surface area contributed by atoms with Crippen LogP contribution in [0.4, 0.5) is 0 Å². The molecule has 1 aliphatic carbocycles. The molecule has 0 heterocycles. The highest BCUT2D eigenvalue weighted by molar-refractivity contribution is 6.29. The van der Waals surface area contributed by atoms with Crippen LogP contribution >= 0.6 is 11.6 Å². The third-order valence-corrected chi connectivity index (χ3v) is 2.70. The molecule has 3 heteroatoms. The van der Waals surface area contributed by atoms with E-state index >= 15 is 0 Å². The Morgan fingerprint density at radius 1 is 1.58 bits per heavy atom. The summed E-state index contributed by atoms with van der Waals surface area (Å²) in [7, 11) is 0. The zero-order chi connectivity index (χ0) is 9.52. The summed E-state index contributed by atoms with van der Waals surface area (Å²) < 4.78 is 0. The number of carboxylic acid groups (broad SMARTS) is 1. The van der Waals surface area contributed by atoms with Crippen LogP contribution in [-0.4, -0.2) is 5.97 Å². The normalized spacial score (nSPS) is 33.2. The fourth-order valence-electron chi connectivity index (χ4n) is 1.69. The van der Waals surface area contributed by atoms with E-state index in [2.05, 4.69) is 0 Å². The smallest absolute Gasteiger partial charge is 0.0456 e. The molecule has 0 aromatic heterocycles. The van der Waals surface area contributed by atoms with E-state index in [1.807, 2.05) is 13.8 Å². The summed E-state index contributed by atoms with van der Waals surface area (Å²) in [6, 6.07) is 0. The van der Waals surface area contributed by atoms with Gasteiger partial charge in [-0.25, -0.2) is 0 Å². The van der Waals surface area contributed by atoms with Crippen LogP contribution in [-0.2, 0) is 4.79 Å². The van der Waals surface area contributed by atoms with E-state index < -0.39 is 5.97 Å². The van der Waals surface area contributed by atoms with Crippen molar-refractivity contribution >= 4 is 17.6 Å². The molecule has 0 aliphatic heterocycles. The summed E-state index contributed by atoms with van der Waals surface area (Å²) in [5.74, 6) is -1.30. The number of carbonyl (C=O) groups excluding carboxylic acids is 1. The maximum absolute atomic E-state index is 10.6. The second-order valence-corrected chi connectivity index (χ2v) is 4.49. The molecule has 1 saturated carbocycles. The van der Waals surface area contributed by atoms with Crippen LogP contribution in [0.3, 0.4) is 0 Å². The van der Waals surface area contributed by atoms with Gasteiger partial charge in [-0.1, -0.05) is 31.5 Å². The Bertz CT molecular complexity index is 239. The van der Waals surface area contributed by atoms with Gasteiger partial charge in [0.2, 0.25) is 0 Å². The number of hydrogen-bond donors (Lipinski definition) is 0. The standard InChI is InChI=1S/C9H13ClO2/c1-5(10)4-6-7(8(11)12)9(6,2)3/h4,6-7H,1-3H3,(H,11,12)/p-1/b5-4+. The molecule has 2 nitrogen and oxygen atoms in total. The maximum atomic E-state index is 10.6. The summed E-state index contributed by atoms with van der Waals surface area (Å²) in [4.78, 5) is 10.6. The molecular weight excluding hydrogens is 176 g/mol. The number of halogens is 1. The molecule has 68 valence electrons. The van der Waals surface area contributed by atoms with Crippen molar-refractivity contribution < 1.29 is 9.90 Å². The summed E-state index contributed by atoms with van der Waals surface area (Å²) in [5, 5.41) is 11.2. The Morgan fingerprint density at radius 2 is 2.08 bits per heavy atom. The Hall–Kier alpha value is -0.500. The van der Waals surface area contributed by atoms with Gasteiger partial charge < -0.3 is 9.90 Å². The third kappa shape index (κ3) is 1.48. The van der Waals surface area contributed by atoms with Crippen LogP contribution in [0, 0.1) is 17.3 Å². The highest BCUT2D eigenvalue weighted by Crippen LogP contribution is 2.59. The monoisotopic (exact) mass is 187 g/mol. The summed E-state index contributed by atoms with van der Waals surface area (Å²) >= 11 is 5.66. The van der Waals surface area contributed by atoms with E-state index in [-0.39, 0.29) is 17.3 Å². The number of aliphatic carboxylic acids is 1. The second kappa shape index (κ2) is 2.77. The van der Waals surface area contributed by atoms with Gasteiger partial charge in [0.05, 0.1) is 0 Å². The van der Waals surface area contributed by atoms with E-state index in [4.69, 9.17) is 11.6 Å². The minimum Gasteiger partial charge on any atom is -0.550 e. The van der Waals surface area contributed by atoms with Crippen molar-refractivity contribution in [1.29, 1.82) is 0 Å². The van der Waals surface area contributed by atoms with Gasteiger partial charge in [0.15, 0.2) is 0 Å². The highest BCUT2D eigenvalue weighted by atomic mass is 35.5. The predicted octanol–water partition coefficient (Wildman–Crippen LogP) is 1.15. The second-order valence-electron chi connectivity index (χ2n) is 3.90. The Labute approximate surface area is 77.2 Å². The van der Waals surface area contributed by atoms with E-state index in [0.717, 1.165) is 0 Å². The molecule has 2 unspecified atom stereocenters. The lowest BCUT2D eigenvalue weighted by atomic mass is 10.1. The van der Waals surface area contributed by atoms with Crippen LogP contribution in [0.5, 0.6) is 0 Å². The van der Waals surface area contributed by atoms with Crippen LogP contribution in [0.1, 0.15) is 20.8 Å². The third-order valence-electron chi connectivity index (χ3n) is 2.57. The van der Waals surface area contributed by atoms with E-state index in [1.54, 1.807) is 13.0 Å². The molecule has 1 rings (SSSR count). The van der Waals surface area contributed by atoms with Crippen molar-refractivity contribution in [2.45, 2.75) is 20.8 Å². The number of carbonyl (C=O) groups is 1. The number of allylic oxidation sites excluding steroid dienone is 2. The molecular formula is C9H12ClO2-. The first-order valence-corrected chi connectivity index (χ1v) is 4.30. The number of carboxylic acids is 1. The molecule has 0 aromatic rings. The molecule has 1 aliphatic rings. The maximum Gasteiger partial charge on any atom is 0.0456 e. The minimum absolute atomic E-state index is 0.0417. The van der Waals surface area contributed by atoms with Gasteiger partial charge in [-0.3, -0.25) is 0 Å². The SMILES string of the molecule is C/C(Cl)=C\C1C(C(=O)[O-])C1(C)C. The Morgan fingerprint density at radius 3 is 2.33 bits per heavy atom. The molecule has 0 aromatic carbocycles. The first-order valence-electron chi connectivity index (χ1n) is 3.92. The van der Waals surface area contributed by atoms with E-state index in [9.17, 15) is 9.90 Å². The van der Waals surface area contributed by atoms with Gasteiger partial charge in [-0.2, -0.15) is 0 Å². The average molecular weight is 188 g/mol. The van der Waals surface area contributed by atoms with Crippen molar-refractivity contribution in [2.24, 2.45) is 17.3 Å². The van der Waals surface area contributed by atoms with E-state index in [1.165, 1.54) is 0 Å². The number of hydrogen-bond acceptors (Lipinski definition) is 2. The van der Waals surface area contributed by atoms with Crippen molar-refractivity contribution in [1.82, 2.24) is 0 Å². The van der Waals surface area contributed by atoms with Gasteiger partial charge >= 0.3 is 0 Å². The Kier molecular flexibility index (Phi) is 2.21. The zero-order valence-electron chi connectivity index (χ0n) is 7.43. The van der Waals surface area contributed by atoms with Crippen molar-refractivity contribution in [3.63, 3.8) is 0 Å². The molecule has 0 N–H and O–H groups in total. The lowest BCUT2D eigenvalue weighted by Gasteiger charge is -2.01. The quantitative estimate of drug-likeness (QED) is 0.651. The van der Waals surface area contributed by atoms with Gasteiger partial charge in [0.25, 0.3) is 0 Å². The average Bonchev–Trinajstić information content (AvgIpc) is 2.32. The van der Waals surface area contributed by atoms with Crippen molar-refractivity contribution in [3.8, 4) is 0 Å². The first kappa shape index (κ1) is 9.59. The van der Waals surface area contributed by atoms with Gasteiger partial charge in [0, 0.05) is 16.9 Å². The highest BCUT2D eigenvalue weighted by Gasteiger charge is 2.57. The molecule has 0 bridgehead atoms. The number of rotatable bonds is 2. The minimum atomic E-state index is -0.973. The Balaban J connectivity index is 2.73. The van der Waals surface area contributed by atoms with Gasteiger partial charge in [0.1, 0.15) is 0 Å². The molecule has 12 heavy (non-hydrogen) atoms. The predicted molar refractivity (Wildman–Crippen MR) is 45.4 cm³/mol. The van der Waals surface area contributed by atoms with E-state index in [0.29, 0.717) is 5.03 Å². The fourth-order valence-corrected chi connectivity index (χ4v) is 1.82. The first-order chi connectivity index (χ1) is 5.37. The lowest BCUT2D eigenvalue weighted by molar-refractivity contribution is -0.308. The van der Waals surface area contributed by atoms with Crippen LogP contribution in [0.25, 0.3) is 0 Å². The zero-order valence-corrected chi connectivity index (χ0v) is 8.18. The van der Waals surface area contributed by atoms with Gasteiger partial charge in [-0.15, -0.1) is 0 Å².